The summed E-state index contributed by atoms with van der Waals surface area (Å²) in [7, 11) is 0. The molecule has 0 bridgehead atoms. The van der Waals surface area contributed by atoms with E-state index in [4.69, 9.17) is 0 Å². The van der Waals surface area contributed by atoms with Crippen LogP contribution in [0, 0.1) is 0 Å². The average molecular weight is 458 g/mol. The minimum atomic E-state index is -0.677. The number of aliphatic carboxylic acids is 1. The molecule has 0 spiro atoms. The highest BCUT2D eigenvalue weighted by Crippen LogP contribution is 2.31. The second-order valence-electron chi connectivity index (χ2n) is 7.22. The van der Waals surface area contributed by atoms with Crippen molar-refractivity contribution < 1.29 is 9.90 Å². The Morgan fingerprint density at radius 1 is 0.880 bits per heavy atom. The van der Waals surface area contributed by atoms with Crippen LogP contribution in [0.15, 0.2) is 30.3 Å². The molecule has 0 saturated heterocycles. The zero-order chi connectivity index (χ0) is 18.4. The average Bonchev–Trinajstić information content (AvgIpc) is 2.60. The van der Waals surface area contributed by atoms with E-state index in [1.165, 1.54) is 57.8 Å². The zero-order valence-electron chi connectivity index (χ0n) is 15.8. The lowest BCUT2D eigenvalue weighted by Crippen LogP contribution is -2.34. The molecule has 0 aliphatic rings. The van der Waals surface area contributed by atoms with Gasteiger partial charge in [-0.3, -0.25) is 4.79 Å². The van der Waals surface area contributed by atoms with Gasteiger partial charge in [0.25, 0.3) is 0 Å². The van der Waals surface area contributed by atoms with E-state index in [9.17, 15) is 9.90 Å². The maximum absolute atomic E-state index is 11.7. The number of rotatable bonds is 15. The smallest absolute Gasteiger partial charge is 0.319 e. The van der Waals surface area contributed by atoms with Crippen molar-refractivity contribution in [3.8, 4) is 0 Å². The first-order valence-corrected chi connectivity index (χ1v) is 11.1. The quantitative estimate of drug-likeness (QED) is 0.172. The van der Waals surface area contributed by atoms with Crippen LogP contribution in [-0.2, 0) is 11.2 Å². The maximum atomic E-state index is 11.7. The Balaban J connectivity index is 2.14. The van der Waals surface area contributed by atoms with Crippen LogP contribution in [0.4, 0.5) is 0 Å². The van der Waals surface area contributed by atoms with Crippen molar-refractivity contribution in [1.29, 1.82) is 0 Å². The van der Waals surface area contributed by atoms with E-state index in [0.717, 1.165) is 24.8 Å². The highest BCUT2D eigenvalue weighted by atomic mass is 127. The van der Waals surface area contributed by atoms with Gasteiger partial charge in [-0.15, -0.1) is 0 Å². The van der Waals surface area contributed by atoms with Crippen LogP contribution in [-0.4, -0.2) is 14.5 Å². The van der Waals surface area contributed by atoms with Crippen LogP contribution in [0.2, 0.25) is 0 Å². The van der Waals surface area contributed by atoms with E-state index >= 15 is 0 Å². The first-order valence-electron chi connectivity index (χ1n) is 10.0. The van der Waals surface area contributed by atoms with Gasteiger partial charge in [0.05, 0.1) is 0 Å². The van der Waals surface area contributed by atoms with E-state index in [-0.39, 0.29) is 0 Å². The SMILES string of the molecule is CCCCCCCCCCCCCC(I)(Cc1ccccc1)C(=O)O. The van der Waals surface area contributed by atoms with Gasteiger partial charge in [0, 0.05) is 0 Å². The van der Waals surface area contributed by atoms with E-state index < -0.39 is 9.39 Å². The van der Waals surface area contributed by atoms with E-state index in [2.05, 4.69) is 29.5 Å². The van der Waals surface area contributed by atoms with Gasteiger partial charge < -0.3 is 5.11 Å². The van der Waals surface area contributed by atoms with Gasteiger partial charge in [0.15, 0.2) is 0 Å². The number of carboxylic acids is 1. The Labute approximate surface area is 167 Å². The molecule has 1 rings (SSSR count). The summed E-state index contributed by atoms with van der Waals surface area (Å²) in [6, 6.07) is 9.99. The third-order valence-corrected chi connectivity index (χ3v) is 6.27. The van der Waals surface area contributed by atoms with Gasteiger partial charge in [-0.25, -0.2) is 0 Å². The Hall–Kier alpha value is -0.580. The number of benzene rings is 1. The minimum absolute atomic E-state index is 0.613. The number of unbranched alkanes of at least 4 members (excludes halogenated alkanes) is 10. The van der Waals surface area contributed by atoms with Crippen molar-refractivity contribution >= 4 is 28.6 Å². The highest BCUT2D eigenvalue weighted by molar-refractivity contribution is 14.1. The molecule has 0 saturated carbocycles. The molecule has 0 aliphatic heterocycles. The van der Waals surface area contributed by atoms with Crippen molar-refractivity contribution in [2.24, 2.45) is 0 Å². The van der Waals surface area contributed by atoms with Crippen molar-refractivity contribution in [2.75, 3.05) is 0 Å². The van der Waals surface area contributed by atoms with Crippen LogP contribution < -0.4 is 0 Å². The monoisotopic (exact) mass is 458 g/mol. The number of alkyl halides is 1. The third-order valence-electron chi connectivity index (χ3n) is 4.89. The number of carbonyl (C=O) groups is 1. The fourth-order valence-corrected chi connectivity index (χ4v) is 4.08. The molecule has 1 aromatic carbocycles. The lowest BCUT2D eigenvalue weighted by Gasteiger charge is -2.23. The highest BCUT2D eigenvalue weighted by Gasteiger charge is 2.34. The molecular formula is C22H35IO2. The molecule has 142 valence electrons. The molecule has 1 N–H and O–H groups in total. The molecule has 0 radical (unpaired) electrons. The summed E-state index contributed by atoms with van der Waals surface area (Å²) in [5.41, 5.74) is 1.11. The van der Waals surface area contributed by atoms with Crippen LogP contribution in [0.5, 0.6) is 0 Å². The second kappa shape index (κ2) is 13.6. The van der Waals surface area contributed by atoms with Crippen LogP contribution in [0.3, 0.4) is 0 Å². The van der Waals surface area contributed by atoms with Crippen molar-refractivity contribution in [3.05, 3.63) is 35.9 Å². The molecule has 1 aromatic rings. The Morgan fingerprint density at radius 3 is 1.84 bits per heavy atom. The predicted molar refractivity (Wildman–Crippen MR) is 116 cm³/mol. The van der Waals surface area contributed by atoms with E-state index in [1.807, 2.05) is 30.3 Å². The van der Waals surface area contributed by atoms with Crippen LogP contribution in [0.1, 0.15) is 89.5 Å². The van der Waals surface area contributed by atoms with Gasteiger partial charge in [0.1, 0.15) is 3.42 Å². The standard InChI is InChI=1S/C22H35IO2/c1-2-3-4-5-6-7-8-9-10-11-15-18-22(23,21(24)25)19-20-16-13-12-14-17-20/h12-14,16-17H,2-11,15,18-19H2,1H3,(H,24,25). The third kappa shape index (κ3) is 10.2. The first kappa shape index (κ1) is 22.5. The molecule has 3 heteroatoms. The van der Waals surface area contributed by atoms with E-state index in [0.29, 0.717) is 6.42 Å². The number of carboxylic acid groups (broad SMARTS) is 1. The van der Waals surface area contributed by atoms with Gasteiger partial charge in [-0.1, -0.05) is 130 Å². The molecule has 0 fully saturated rings. The molecule has 1 unspecified atom stereocenters. The Bertz CT molecular complexity index is 460. The molecule has 1 atom stereocenters. The zero-order valence-corrected chi connectivity index (χ0v) is 18.0. The largest absolute Gasteiger partial charge is 0.480 e. The summed E-state index contributed by atoms with van der Waals surface area (Å²) in [6.45, 7) is 2.26. The van der Waals surface area contributed by atoms with Gasteiger partial charge >= 0.3 is 5.97 Å². The maximum Gasteiger partial charge on any atom is 0.319 e. The summed E-state index contributed by atoms with van der Waals surface area (Å²) < 4.78 is -0.668. The molecule has 25 heavy (non-hydrogen) atoms. The van der Waals surface area contributed by atoms with Gasteiger partial charge in [-0.05, 0) is 18.4 Å². The number of hydrogen-bond donors (Lipinski definition) is 1. The summed E-state index contributed by atoms with van der Waals surface area (Å²) in [5.74, 6) is -0.677. The normalized spacial score (nSPS) is 13.5. The minimum Gasteiger partial charge on any atom is -0.480 e. The summed E-state index contributed by atoms with van der Waals surface area (Å²) >= 11 is 2.16. The molecule has 0 aromatic heterocycles. The van der Waals surface area contributed by atoms with Crippen LogP contribution >= 0.6 is 22.6 Å². The predicted octanol–water partition coefficient (Wildman–Crippen LogP) is 7.19. The molecular weight excluding hydrogens is 423 g/mol. The summed E-state index contributed by atoms with van der Waals surface area (Å²) in [6.07, 6.45) is 15.6. The lowest BCUT2D eigenvalue weighted by atomic mass is 9.93. The molecule has 2 nitrogen and oxygen atoms in total. The van der Waals surface area contributed by atoms with Crippen molar-refractivity contribution in [2.45, 2.75) is 93.8 Å². The Morgan fingerprint density at radius 2 is 1.36 bits per heavy atom. The van der Waals surface area contributed by atoms with Gasteiger partial charge in [0.2, 0.25) is 0 Å². The Kier molecular flexibility index (Phi) is 12.2. The molecule has 0 aliphatic carbocycles. The lowest BCUT2D eigenvalue weighted by molar-refractivity contribution is -0.139. The molecule has 0 amide bonds. The number of hydrogen-bond acceptors (Lipinski definition) is 1. The summed E-state index contributed by atoms with van der Waals surface area (Å²) in [5, 5.41) is 9.65. The molecule has 0 heterocycles. The summed E-state index contributed by atoms with van der Waals surface area (Å²) in [4.78, 5) is 11.7. The van der Waals surface area contributed by atoms with Crippen LogP contribution in [0.25, 0.3) is 0 Å². The van der Waals surface area contributed by atoms with E-state index in [1.54, 1.807) is 0 Å². The van der Waals surface area contributed by atoms with Crippen molar-refractivity contribution in [3.63, 3.8) is 0 Å². The fraction of sp³-hybridized carbons (Fsp3) is 0.682. The fourth-order valence-electron chi connectivity index (χ4n) is 3.26. The second-order valence-corrected chi connectivity index (χ2v) is 9.28. The topological polar surface area (TPSA) is 37.3 Å². The first-order chi connectivity index (χ1) is 12.1. The van der Waals surface area contributed by atoms with Gasteiger partial charge in [-0.2, -0.15) is 0 Å². The number of halogens is 1. The van der Waals surface area contributed by atoms with Crippen molar-refractivity contribution in [1.82, 2.24) is 0 Å².